The van der Waals surface area contributed by atoms with Gasteiger partial charge in [0, 0.05) is 6.42 Å². The predicted molar refractivity (Wildman–Crippen MR) is 83.0 cm³/mol. The number of hydrogen-bond acceptors (Lipinski definition) is 3. The van der Waals surface area contributed by atoms with E-state index in [-0.39, 0.29) is 0 Å². The number of ether oxygens (including phenoxy) is 2. The Labute approximate surface area is 122 Å². The summed E-state index contributed by atoms with van der Waals surface area (Å²) < 4.78 is 11.6. The summed E-state index contributed by atoms with van der Waals surface area (Å²) in [4.78, 5) is 0. The zero-order chi connectivity index (χ0) is 14.4. The quantitative estimate of drug-likeness (QED) is 0.631. The van der Waals surface area contributed by atoms with E-state index in [4.69, 9.17) is 15.2 Å². The summed E-state index contributed by atoms with van der Waals surface area (Å²) in [5.41, 5.74) is 7.03. The van der Waals surface area contributed by atoms with E-state index in [2.05, 4.69) is 13.8 Å². The molecule has 1 aliphatic rings. The van der Waals surface area contributed by atoms with Gasteiger partial charge in [-0.2, -0.15) is 0 Å². The van der Waals surface area contributed by atoms with Crippen molar-refractivity contribution in [2.24, 2.45) is 5.41 Å². The Morgan fingerprint density at radius 2 is 1.85 bits per heavy atom. The third kappa shape index (κ3) is 4.71. The molecule has 20 heavy (non-hydrogen) atoms. The summed E-state index contributed by atoms with van der Waals surface area (Å²) in [5.74, 6) is 0.770. The van der Waals surface area contributed by atoms with Crippen LogP contribution in [0.25, 0.3) is 0 Å². The number of hydrogen-bond donors (Lipinski definition) is 1. The first kappa shape index (κ1) is 15.2. The van der Waals surface area contributed by atoms with E-state index < -0.39 is 0 Å². The number of anilines is 1. The number of benzene rings is 1. The summed E-state index contributed by atoms with van der Waals surface area (Å²) in [7, 11) is 0. The van der Waals surface area contributed by atoms with Crippen LogP contribution in [-0.4, -0.2) is 19.3 Å². The Morgan fingerprint density at radius 1 is 1.15 bits per heavy atom. The molecule has 0 amide bonds. The first-order chi connectivity index (χ1) is 9.57. The molecule has 0 radical (unpaired) electrons. The summed E-state index contributed by atoms with van der Waals surface area (Å²) >= 11 is 0. The average Bonchev–Trinajstić information content (AvgIpc) is 2.42. The van der Waals surface area contributed by atoms with Crippen LogP contribution in [0.15, 0.2) is 24.3 Å². The molecule has 0 heterocycles. The van der Waals surface area contributed by atoms with Crippen molar-refractivity contribution in [3.05, 3.63) is 24.3 Å². The first-order valence-electron chi connectivity index (χ1n) is 7.66. The van der Waals surface area contributed by atoms with Crippen LogP contribution in [0.3, 0.4) is 0 Å². The SMILES string of the molecule is CC1(C)CCC(OCCCOc2ccccc2N)CC1. The van der Waals surface area contributed by atoms with Crippen LogP contribution in [0, 0.1) is 5.41 Å². The van der Waals surface area contributed by atoms with Gasteiger partial charge in [0.1, 0.15) is 5.75 Å². The van der Waals surface area contributed by atoms with Gasteiger partial charge in [-0.1, -0.05) is 26.0 Å². The lowest BCUT2D eigenvalue weighted by Crippen LogP contribution is -2.27. The highest BCUT2D eigenvalue weighted by atomic mass is 16.5. The molecule has 0 saturated heterocycles. The maximum Gasteiger partial charge on any atom is 0.142 e. The number of nitrogens with two attached hydrogens (primary N) is 1. The smallest absolute Gasteiger partial charge is 0.142 e. The van der Waals surface area contributed by atoms with Crippen molar-refractivity contribution >= 4 is 5.69 Å². The average molecular weight is 277 g/mol. The Bertz CT molecular complexity index is 407. The van der Waals surface area contributed by atoms with Gasteiger partial charge in [0.15, 0.2) is 0 Å². The highest BCUT2D eigenvalue weighted by Crippen LogP contribution is 2.36. The van der Waals surface area contributed by atoms with Crippen LogP contribution in [0.5, 0.6) is 5.75 Å². The van der Waals surface area contributed by atoms with Gasteiger partial charge in [-0.3, -0.25) is 0 Å². The molecule has 1 fully saturated rings. The lowest BCUT2D eigenvalue weighted by molar-refractivity contribution is 0.000131. The molecule has 1 aliphatic carbocycles. The van der Waals surface area contributed by atoms with Crippen LogP contribution in [-0.2, 0) is 4.74 Å². The van der Waals surface area contributed by atoms with Crippen LogP contribution in [0.2, 0.25) is 0 Å². The number of rotatable bonds is 6. The van der Waals surface area contributed by atoms with Gasteiger partial charge < -0.3 is 15.2 Å². The number of para-hydroxylation sites is 2. The zero-order valence-electron chi connectivity index (χ0n) is 12.7. The molecule has 2 rings (SSSR count). The van der Waals surface area contributed by atoms with Crippen molar-refractivity contribution < 1.29 is 9.47 Å². The zero-order valence-corrected chi connectivity index (χ0v) is 12.7. The molecule has 1 saturated carbocycles. The van der Waals surface area contributed by atoms with Crippen molar-refractivity contribution in [1.82, 2.24) is 0 Å². The largest absolute Gasteiger partial charge is 0.491 e. The summed E-state index contributed by atoms with van der Waals surface area (Å²) in [6.45, 7) is 6.13. The summed E-state index contributed by atoms with van der Waals surface area (Å²) in [5, 5.41) is 0. The number of nitrogen functional groups attached to an aromatic ring is 1. The molecule has 0 unspecified atom stereocenters. The maximum absolute atomic E-state index is 5.93. The molecule has 3 heteroatoms. The minimum Gasteiger partial charge on any atom is -0.491 e. The van der Waals surface area contributed by atoms with Crippen LogP contribution >= 0.6 is 0 Å². The van der Waals surface area contributed by atoms with Crippen LogP contribution in [0.4, 0.5) is 5.69 Å². The summed E-state index contributed by atoms with van der Waals surface area (Å²) in [6, 6.07) is 7.61. The Hall–Kier alpha value is -1.22. The fourth-order valence-electron chi connectivity index (χ4n) is 2.64. The highest BCUT2D eigenvalue weighted by Gasteiger charge is 2.26. The van der Waals surface area contributed by atoms with Crippen molar-refractivity contribution in [3.8, 4) is 5.75 Å². The lowest BCUT2D eigenvalue weighted by atomic mass is 9.76. The van der Waals surface area contributed by atoms with Gasteiger partial charge >= 0.3 is 0 Å². The van der Waals surface area contributed by atoms with Gasteiger partial charge in [-0.15, -0.1) is 0 Å². The van der Waals surface area contributed by atoms with Gasteiger partial charge in [0.05, 0.1) is 25.0 Å². The summed E-state index contributed by atoms with van der Waals surface area (Å²) in [6.07, 6.45) is 6.29. The van der Waals surface area contributed by atoms with E-state index >= 15 is 0 Å². The molecule has 3 nitrogen and oxygen atoms in total. The molecule has 1 aromatic carbocycles. The van der Waals surface area contributed by atoms with E-state index in [0.29, 0.717) is 23.8 Å². The van der Waals surface area contributed by atoms with Crippen molar-refractivity contribution in [2.75, 3.05) is 18.9 Å². The third-order valence-corrected chi connectivity index (χ3v) is 4.10. The van der Waals surface area contributed by atoms with Crippen molar-refractivity contribution in [2.45, 2.75) is 52.1 Å². The second kappa shape index (κ2) is 6.98. The molecule has 0 aliphatic heterocycles. The first-order valence-corrected chi connectivity index (χ1v) is 7.66. The van der Waals surface area contributed by atoms with Gasteiger partial charge in [-0.05, 0) is 43.2 Å². The van der Waals surface area contributed by atoms with E-state index in [1.165, 1.54) is 25.7 Å². The monoisotopic (exact) mass is 277 g/mol. The van der Waals surface area contributed by atoms with E-state index in [1.54, 1.807) is 0 Å². The molecule has 1 aromatic rings. The van der Waals surface area contributed by atoms with E-state index in [9.17, 15) is 0 Å². The van der Waals surface area contributed by atoms with Crippen LogP contribution in [0.1, 0.15) is 46.0 Å². The molecular weight excluding hydrogens is 250 g/mol. The fourth-order valence-corrected chi connectivity index (χ4v) is 2.64. The van der Waals surface area contributed by atoms with Crippen molar-refractivity contribution in [1.29, 1.82) is 0 Å². The Morgan fingerprint density at radius 3 is 2.55 bits per heavy atom. The van der Waals surface area contributed by atoms with Crippen LogP contribution < -0.4 is 10.5 Å². The maximum atomic E-state index is 5.93. The minimum absolute atomic E-state index is 0.449. The highest BCUT2D eigenvalue weighted by molar-refractivity contribution is 5.51. The van der Waals surface area contributed by atoms with E-state index in [0.717, 1.165) is 18.8 Å². The fraction of sp³-hybridized carbons (Fsp3) is 0.647. The second-order valence-corrected chi connectivity index (χ2v) is 6.47. The van der Waals surface area contributed by atoms with Gasteiger partial charge in [0.2, 0.25) is 0 Å². The third-order valence-electron chi connectivity index (χ3n) is 4.10. The molecular formula is C17H27NO2. The normalized spacial score (nSPS) is 18.9. The van der Waals surface area contributed by atoms with E-state index in [1.807, 2.05) is 24.3 Å². The van der Waals surface area contributed by atoms with Gasteiger partial charge in [0.25, 0.3) is 0 Å². The lowest BCUT2D eigenvalue weighted by Gasteiger charge is -2.34. The van der Waals surface area contributed by atoms with Crippen molar-refractivity contribution in [3.63, 3.8) is 0 Å². The molecule has 0 bridgehead atoms. The molecule has 0 spiro atoms. The Balaban J connectivity index is 1.57. The van der Waals surface area contributed by atoms with Gasteiger partial charge in [-0.25, -0.2) is 0 Å². The molecule has 0 atom stereocenters. The minimum atomic E-state index is 0.449. The standard InChI is InChI=1S/C17H27NO2/c1-17(2)10-8-14(9-11-17)19-12-5-13-20-16-7-4-3-6-15(16)18/h3-4,6-7,14H,5,8-13,18H2,1-2H3. The topological polar surface area (TPSA) is 44.5 Å². The predicted octanol–water partition coefficient (Wildman–Crippen LogP) is 4.02. The molecule has 112 valence electrons. The Kier molecular flexibility index (Phi) is 5.30. The second-order valence-electron chi connectivity index (χ2n) is 6.47. The molecule has 2 N–H and O–H groups in total. The molecule has 0 aromatic heterocycles.